The average Bonchev–Trinajstić information content (AvgIpc) is 3.00. The third kappa shape index (κ3) is 2.03. The maximum absolute atomic E-state index is 14.7. The Hall–Kier alpha value is -1.71. The molecule has 0 saturated carbocycles. The van der Waals surface area contributed by atoms with Crippen LogP contribution in [0.25, 0.3) is 11.2 Å². The first-order valence-corrected chi connectivity index (χ1v) is 6.90. The third-order valence-corrected chi connectivity index (χ3v) is 3.99. The van der Waals surface area contributed by atoms with Gasteiger partial charge in [-0.1, -0.05) is 0 Å². The van der Waals surface area contributed by atoms with Crippen molar-refractivity contribution in [3.05, 3.63) is 11.6 Å². The van der Waals surface area contributed by atoms with E-state index >= 15 is 0 Å². The van der Waals surface area contributed by atoms with Crippen molar-refractivity contribution in [2.75, 3.05) is 13.7 Å². The maximum Gasteiger partial charge on any atom is 0.342 e. The van der Waals surface area contributed by atoms with Crippen LogP contribution >= 0.6 is 11.6 Å². The number of alkyl halides is 1. The Labute approximate surface area is 142 Å². The van der Waals surface area contributed by atoms with E-state index in [0.717, 1.165) is 0 Å². The predicted molar refractivity (Wildman–Crippen MR) is 73.4 cm³/mol. The van der Waals surface area contributed by atoms with Gasteiger partial charge >= 0.3 is 11.8 Å². The zero-order valence-corrected chi connectivity index (χ0v) is 13.1. The average molecular weight is 383 g/mol. The standard InChI is InChI=1S/C11H12ClFN4O8/c1-24-6-4-5(15-7(12)16-6)17(3-14-4)11(23)9(13,20)10(21,22)8(19,2-18)25-11/h3,18-23H,2H2,1H3/t8-,9-,11+/m1/s1. The minimum Gasteiger partial charge on any atom is -0.479 e. The second kappa shape index (κ2) is 5.15. The molecular weight excluding hydrogens is 371 g/mol. The summed E-state index contributed by atoms with van der Waals surface area (Å²) in [4.78, 5) is 11.1. The maximum atomic E-state index is 14.7. The predicted octanol–water partition coefficient (Wildman–Crippen LogP) is -2.86. The van der Waals surface area contributed by atoms with Gasteiger partial charge in [-0.05, 0) is 11.6 Å². The molecule has 1 fully saturated rings. The van der Waals surface area contributed by atoms with E-state index in [2.05, 4.69) is 19.7 Å². The van der Waals surface area contributed by atoms with Crippen molar-refractivity contribution in [3.8, 4) is 5.88 Å². The van der Waals surface area contributed by atoms with Crippen molar-refractivity contribution in [2.24, 2.45) is 0 Å². The Bertz CT molecular complexity index is 847. The Kier molecular flexibility index (Phi) is 3.73. The Balaban J connectivity index is 2.29. The topological polar surface area (TPSA) is 183 Å². The smallest absolute Gasteiger partial charge is 0.342 e. The van der Waals surface area contributed by atoms with Crippen LogP contribution in [0.1, 0.15) is 0 Å². The molecule has 3 atom stereocenters. The van der Waals surface area contributed by atoms with Gasteiger partial charge in [-0.15, -0.1) is 0 Å². The third-order valence-electron chi connectivity index (χ3n) is 3.82. The zero-order chi connectivity index (χ0) is 18.8. The zero-order valence-electron chi connectivity index (χ0n) is 12.3. The second-order valence-electron chi connectivity index (χ2n) is 5.24. The van der Waals surface area contributed by atoms with Gasteiger partial charge in [0.15, 0.2) is 11.2 Å². The van der Waals surface area contributed by atoms with Crippen LogP contribution in [0, 0.1) is 0 Å². The van der Waals surface area contributed by atoms with Gasteiger partial charge in [0.05, 0.1) is 7.11 Å². The van der Waals surface area contributed by atoms with Gasteiger partial charge < -0.3 is 35.4 Å². The highest BCUT2D eigenvalue weighted by Gasteiger charge is 2.83. The van der Waals surface area contributed by atoms with Crippen LogP contribution in [0.2, 0.25) is 5.28 Å². The molecule has 0 amide bonds. The molecule has 1 aliphatic rings. The molecule has 25 heavy (non-hydrogen) atoms. The minimum atomic E-state index is -4.45. The van der Waals surface area contributed by atoms with E-state index in [9.17, 15) is 29.9 Å². The number of nitrogens with zero attached hydrogens (tertiary/aromatic N) is 4. The van der Waals surface area contributed by atoms with E-state index in [-0.39, 0.29) is 11.4 Å². The van der Waals surface area contributed by atoms with Crippen LogP contribution in [0.15, 0.2) is 6.33 Å². The normalized spacial score (nSPS) is 34.6. The summed E-state index contributed by atoms with van der Waals surface area (Å²) in [7, 11) is 1.21. The monoisotopic (exact) mass is 382 g/mol. The van der Waals surface area contributed by atoms with Gasteiger partial charge in [-0.3, -0.25) is 9.30 Å². The Morgan fingerprint density at radius 1 is 1.28 bits per heavy atom. The molecule has 138 valence electrons. The first kappa shape index (κ1) is 18.1. The highest BCUT2D eigenvalue weighted by atomic mass is 35.5. The lowest BCUT2D eigenvalue weighted by atomic mass is 9.99. The lowest BCUT2D eigenvalue weighted by Crippen LogP contribution is -2.65. The van der Waals surface area contributed by atoms with Gasteiger partial charge in [0.1, 0.15) is 12.9 Å². The van der Waals surface area contributed by atoms with Crippen LogP contribution in [0.4, 0.5) is 4.39 Å². The van der Waals surface area contributed by atoms with E-state index < -0.39 is 40.9 Å². The first-order chi connectivity index (χ1) is 11.4. The summed E-state index contributed by atoms with van der Waals surface area (Å²) < 4.78 is 24.5. The number of aliphatic hydroxyl groups is 6. The molecule has 3 heterocycles. The molecule has 1 aliphatic heterocycles. The van der Waals surface area contributed by atoms with E-state index in [1.165, 1.54) is 7.11 Å². The lowest BCUT2D eigenvalue weighted by molar-refractivity contribution is -0.395. The van der Waals surface area contributed by atoms with Crippen LogP contribution in [0.3, 0.4) is 0 Å². The van der Waals surface area contributed by atoms with E-state index in [1.54, 1.807) is 0 Å². The van der Waals surface area contributed by atoms with Crippen LogP contribution in [-0.2, 0) is 10.6 Å². The molecule has 1 saturated heterocycles. The molecular formula is C11H12ClFN4O8. The molecule has 2 aromatic heterocycles. The van der Waals surface area contributed by atoms with Crippen LogP contribution in [-0.4, -0.2) is 81.3 Å². The molecule has 0 unspecified atom stereocenters. The largest absolute Gasteiger partial charge is 0.479 e. The van der Waals surface area contributed by atoms with Gasteiger partial charge in [0, 0.05) is 0 Å². The molecule has 0 aliphatic carbocycles. The summed E-state index contributed by atoms with van der Waals surface area (Å²) in [6.07, 6.45) is 0.682. The number of rotatable bonds is 3. The number of aromatic nitrogens is 4. The minimum absolute atomic E-state index is 0.166. The number of hydrogen-bond acceptors (Lipinski definition) is 11. The van der Waals surface area contributed by atoms with E-state index in [4.69, 9.17) is 21.4 Å². The van der Waals surface area contributed by atoms with Crippen LogP contribution in [0.5, 0.6) is 5.88 Å². The second-order valence-corrected chi connectivity index (χ2v) is 5.57. The Morgan fingerprint density at radius 2 is 1.92 bits per heavy atom. The molecule has 0 radical (unpaired) electrons. The number of halogens is 2. The van der Waals surface area contributed by atoms with Gasteiger partial charge in [0.2, 0.25) is 11.2 Å². The van der Waals surface area contributed by atoms with Crippen molar-refractivity contribution in [1.82, 2.24) is 19.5 Å². The summed E-state index contributed by atoms with van der Waals surface area (Å²) in [6, 6.07) is 0. The quantitative estimate of drug-likeness (QED) is 0.237. The molecule has 2 aromatic rings. The summed E-state index contributed by atoms with van der Waals surface area (Å²) in [5, 5.41) is 58.3. The number of methoxy groups -OCH3 is 1. The molecule has 14 heteroatoms. The number of fused-ring (bicyclic) bond motifs is 1. The molecule has 0 aromatic carbocycles. The number of aliphatic hydroxyl groups excluding tert-OH is 1. The molecule has 0 spiro atoms. The SMILES string of the molecule is COc1nc(Cl)nc2c1ncn2[C@@]1(O)O[C@](O)(CO)C(O)(O)[C@]1(O)F. The van der Waals surface area contributed by atoms with Gasteiger partial charge in [0.25, 0.3) is 11.6 Å². The summed E-state index contributed by atoms with van der Waals surface area (Å²) in [5.74, 6) is -15.9. The fourth-order valence-electron chi connectivity index (χ4n) is 2.42. The van der Waals surface area contributed by atoms with Crippen molar-refractivity contribution in [2.45, 2.75) is 23.3 Å². The molecule has 12 nitrogen and oxygen atoms in total. The fraction of sp³-hybridized carbons (Fsp3) is 0.545. The molecule has 3 rings (SSSR count). The lowest BCUT2D eigenvalue weighted by Gasteiger charge is -2.34. The van der Waals surface area contributed by atoms with E-state index in [1.807, 2.05) is 0 Å². The molecule has 0 bridgehead atoms. The first-order valence-electron chi connectivity index (χ1n) is 6.52. The van der Waals surface area contributed by atoms with Crippen molar-refractivity contribution < 1.29 is 44.5 Å². The number of hydrogen-bond donors (Lipinski definition) is 6. The van der Waals surface area contributed by atoms with E-state index in [0.29, 0.717) is 10.9 Å². The van der Waals surface area contributed by atoms with Crippen molar-refractivity contribution >= 4 is 22.8 Å². The van der Waals surface area contributed by atoms with Gasteiger partial charge in [-0.25, -0.2) is 4.98 Å². The highest BCUT2D eigenvalue weighted by molar-refractivity contribution is 6.28. The van der Waals surface area contributed by atoms with Crippen molar-refractivity contribution in [1.29, 1.82) is 0 Å². The number of imidazole rings is 1. The van der Waals surface area contributed by atoms with Crippen molar-refractivity contribution in [3.63, 3.8) is 0 Å². The van der Waals surface area contributed by atoms with Gasteiger partial charge in [-0.2, -0.15) is 14.4 Å². The summed E-state index contributed by atoms with van der Waals surface area (Å²) in [6.45, 7) is -1.60. The Morgan fingerprint density at radius 3 is 2.44 bits per heavy atom. The van der Waals surface area contributed by atoms with Crippen LogP contribution < -0.4 is 4.74 Å². The molecule has 6 N–H and O–H groups in total. The fourth-order valence-corrected chi connectivity index (χ4v) is 2.58. The summed E-state index contributed by atoms with van der Waals surface area (Å²) in [5.41, 5.74) is -0.617. The highest BCUT2D eigenvalue weighted by Crippen LogP contribution is 2.52. The summed E-state index contributed by atoms with van der Waals surface area (Å²) >= 11 is 5.68. The number of ether oxygens (including phenoxy) is 2.